The molecule has 0 bridgehead atoms. The summed E-state index contributed by atoms with van der Waals surface area (Å²) < 4.78 is 57.4. The van der Waals surface area contributed by atoms with Crippen molar-refractivity contribution < 1.29 is 32.1 Å². The van der Waals surface area contributed by atoms with Gasteiger partial charge in [0, 0.05) is 25.2 Å². The molecule has 2 aromatic carbocycles. The molecule has 3 rings (SSSR count). The number of hydrogen-bond acceptors (Lipinski definition) is 10. The van der Waals surface area contributed by atoms with Crippen molar-refractivity contribution >= 4 is 11.9 Å². The van der Waals surface area contributed by atoms with Crippen molar-refractivity contribution in [2.75, 3.05) is 57.3 Å². The summed E-state index contributed by atoms with van der Waals surface area (Å²) in [6.45, 7) is 2.99. The Morgan fingerprint density at radius 1 is 0.838 bits per heavy atom. The Kier molecular flexibility index (Phi) is 10.7. The maximum atomic E-state index is 12.5. The highest BCUT2D eigenvalue weighted by Gasteiger charge is 2.31. The predicted molar refractivity (Wildman–Crippen MR) is 131 cm³/mol. The molecule has 37 heavy (non-hydrogen) atoms. The fourth-order valence-electron chi connectivity index (χ4n) is 3.07. The normalized spacial score (nSPS) is 11.3. The molecule has 0 saturated heterocycles. The molecule has 0 aliphatic rings. The van der Waals surface area contributed by atoms with Gasteiger partial charge in [0.25, 0.3) is 0 Å². The van der Waals surface area contributed by atoms with Gasteiger partial charge in [-0.3, -0.25) is 0 Å². The molecule has 0 aliphatic heterocycles. The summed E-state index contributed by atoms with van der Waals surface area (Å²) in [6.07, 6.45) is -4.78. The van der Waals surface area contributed by atoms with Gasteiger partial charge in [0.05, 0.1) is 33.5 Å². The van der Waals surface area contributed by atoms with Crippen LogP contribution in [0.15, 0.2) is 48.5 Å². The molecule has 10 nitrogen and oxygen atoms in total. The Morgan fingerprint density at radius 3 is 2.22 bits per heavy atom. The first-order chi connectivity index (χ1) is 17.9. The Balaban J connectivity index is 1.70. The van der Waals surface area contributed by atoms with E-state index in [0.717, 1.165) is 5.56 Å². The van der Waals surface area contributed by atoms with Gasteiger partial charge in [-0.25, -0.2) is 0 Å². The van der Waals surface area contributed by atoms with Gasteiger partial charge >= 0.3 is 6.36 Å². The minimum absolute atomic E-state index is 0.264. The molecule has 0 atom stereocenters. The first-order valence-electron chi connectivity index (χ1n) is 11.4. The summed E-state index contributed by atoms with van der Waals surface area (Å²) in [6, 6.07) is 12.8. The number of rotatable bonds is 15. The molecule has 0 amide bonds. The zero-order valence-corrected chi connectivity index (χ0v) is 20.3. The summed E-state index contributed by atoms with van der Waals surface area (Å²) in [5, 5.41) is 6.22. The first kappa shape index (κ1) is 27.9. The van der Waals surface area contributed by atoms with Crippen molar-refractivity contribution in [1.29, 1.82) is 0 Å². The molecule has 0 fully saturated rings. The lowest BCUT2D eigenvalue weighted by Crippen LogP contribution is -2.17. The zero-order valence-electron chi connectivity index (χ0n) is 20.3. The predicted octanol–water partition coefficient (Wildman–Crippen LogP) is 3.46. The topological polar surface area (TPSA) is 126 Å². The lowest BCUT2D eigenvalue weighted by atomic mass is 10.2. The largest absolute Gasteiger partial charge is 0.573 e. The molecule has 0 unspecified atom stereocenters. The van der Waals surface area contributed by atoms with Crippen LogP contribution in [0.4, 0.5) is 25.1 Å². The van der Waals surface area contributed by atoms with E-state index in [-0.39, 0.29) is 23.5 Å². The lowest BCUT2D eigenvalue weighted by molar-refractivity contribution is -0.274. The molecule has 1 heterocycles. The monoisotopic (exact) mass is 522 g/mol. The van der Waals surface area contributed by atoms with Crippen LogP contribution in [0, 0.1) is 0 Å². The van der Waals surface area contributed by atoms with Crippen LogP contribution in [-0.2, 0) is 16.0 Å². The number of hydrogen-bond donors (Lipinski definition) is 3. The summed E-state index contributed by atoms with van der Waals surface area (Å²) in [5.41, 5.74) is 6.79. The van der Waals surface area contributed by atoms with Gasteiger partial charge in [-0.15, -0.1) is 13.2 Å². The van der Waals surface area contributed by atoms with Crippen molar-refractivity contribution in [2.24, 2.45) is 5.73 Å². The number of nitrogens with two attached hydrogens (primary N) is 1. The Hall–Kier alpha value is -3.68. The molecule has 0 radical (unpaired) electrons. The highest BCUT2D eigenvalue weighted by molar-refractivity contribution is 5.59. The van der Waals surface area contributed by atoms with E-state index in [4.69, 9.17) is 19.9 Å². The number of benzene rings is 2. The van der Waals surface area contributed by atoms with Crippen molar-refractivity contribution in [3.05, 3.63) is 54.1 Å². The second kappa shape index (κ2) is 14.2. The third-order valence-electron chi connectivity index (χ3n) is 4.73. The average Bonchev–Trinajstić information content (AvgIpc) is 2.88. The minimum Gasteiger partial charge on any atom is -0.497 e. The molecular weight excluding hydrogens is 493 g/mol. The van der Waals surface area contributed by atoms with Crippen LogP contribution < -0.4 is 25.8 Å². The molecule has 0 spiro atoms. The van der Waals surface area contributed by atoms with E-state index in [1.54, 1.807) is 7.11 Å². The molecule has 200 valence electrons. The summed E-state index contributed by atoms with van der Waals surface area (Å²) >= 11 is 0. The molecule has 0 saturated carbocycles. The van der Waals surface area contributed by atoms with E-state index in [0.29, 0.717) is 57.4 Å². The number of methoxy groups -OCH3 is 1. The second-order valence-corrected chi connectivity index (χ2v) is 7.52. The fourth-order valence-corrected chi connectivity index (χ4v) is 3.07. The first-order valence-corrected chi connectivity index (χ1v) is 11.4. The molecule has 13 heteroatoms. The molecule has 4 N–H and O–H groups in total. The van der Waals surface area contributed by atoms with E-state index in [1.807, 2.05) is 24.3 Å². The molecule has 3 aromatic rings. The van der Waals surface area contributed by atoms with E-state index < -0.39 is 6.36 Å². The van der Waals surface area contributed by atoms with Gasteiger partial charge < -0.3 is 35.3 Å². The van der Waals surface area contributed by atoms with Gasteiger partial charge in [0.15, 0.2) is 5.82 Å². The van der Waals surface area contributed by atoms with Crippen LogP contribution in [0.25, 0.3) is 11.4 Å². The van der Waals surface area contributed by atoms with Gasteiger partial charge in [-0.05, 0) is 42.0 Å². The third kappa shape index (κ3) is 10.1. The maximum absolute atomic E-state index is 12.5. The smallest absolute Gasteiger partial charge is 0.497 e. The third-order valence-corrected chi connectivity index (χ3v) is 4.73. The van der Waals surface area contributed by atoms with Crippen LogP contribution in [0.5, 0.6) is 11.5 Å². The van der Waals surface area contributed by atoms with E-state index in [2.05, 4.69) is 30.3 Å². The molecule has 0 aliphatic carbocycles. The highest BCUT2D eigenvalue weighted by atomic mass is 19.4. The standard InChI is InChI=1S/C24H29F3N6O4/c1-34-20-4-2-3-17(15-20)16-30-23-32-21(18-5-7-19(8-6-18)37-24(25,26)27)31-22(33-23)29-10-12-36-14-13-35-11-9-28/h2-8,15H,9-14,16,28H2,1H3,(H2,29,30,31,32,33). The van der Waals surface area contributed by atoms with Gasteiger partial charge in [-0.2, -0.15) is 15.0 Å². The highest BCUT2D eigenvalue weighted by Crippen LogP contribution is 2.26. The SMILES string of the molecule is COc1cccc(CNc2nc(NCCOCCOCCN)nc(-c3ccc(OC(F)(F)F)cc3)n2)c1. The second-order valence-electron chi connectivity index (χ2n) is 7.52. The van der Waals surface area contributed by atoms with Crippen molar-refractivity contribution in [2.45, 2.75) is 12.9 Å². The molecule has 1 aromatic heterocycles. The number of anilines is 2. The number of aromatic nitrogens is 3. The Bertz CT molecular complexity index is 1100. The number of alkyl halides is 3. The summed E-state index contributed by atoms with van der Waals surface area (Å²) in [7, 11) is 1.59. The Labute approximate surface area is 212 Å². The molecular formula is C24H29F3N6O4. The van der Waals surface area contributed by atoms with Crippen LogP contribution in [0.3, 0.4) is 0 Å². The number of nitrogens with zero attached hydrogens (tertiary/aromatic N) is 3. The van der Waals surface area contributed by atoms with E-state index >= 15 is 0 Å². The van der Waals surface area contributed by atoms with Crippen molar-refractivity contribution in [3.63, 3.8) is 0 Å². The average molecular weight is 523 g/mol. The van der Waals surface area contributed by atoms with Crippen molar-refractivity contribution in [3.8, 4) is 22.9 Å². The number of ether oxygens (including phenoxy) is 4. The lowest BCUT2D eigenvalue weighted by Gasteiger charge is -2.12. The van der Waals surface area contributed by atoms with Crippen LogP contribution >= 0.6 is 0 Å². The van der Waals surface area contributed by atoms with Gasteiger partial charge in [0.2, 0.25) is 11.9 Å². The van der Waals surface area contributed by atoms with Crippen LogP contribution in [0.1, 0.15) is 5.56 Å². The number of halogens is 3. The fraction of sp³-hybridized carbons (Fsp3) is 0.375. The van der Waals surface area contributed by atoms with E-state index in [1.165, 1.54) is 24.3 Å². The van der Waals surface area contributed by atoms with E-state index in [9.17, 15) is 13.2 Å². The van der Waals surface area contributed by atoms with Gasteiger partial charge in [0.1, 0.15) is 11.5 Å². The van der Waals surface area contributed by atoms with Crippen molar-refractivity contribution in [1.82, 2.24) is 15.0 Å². The minimum atomic E-state index is -4.78. The van der Waals surface area contributed by atoms with Crippen LogP contribution in [-0.4, -0.2) is 67.9 Å². The van der Waals surface area contributed by atoms with Gasteiger partial charge in [-0.1, -0.05) is 12.1 Å². The zero-order chi connectivity index (χ0) is 26.5. The summed E-state index contributed by atoms with van der Waals surface area (Å²) in [5.74, 6) is 1.19. The van der Waals surface area contributed by atoms with Crippen LogP contribution in [0.2, 0.25) is 0 Å². The maximum Gasteiger partial charge on any atom is 0.573 e. The quantitative estimate of drug-likeness (QED) is 0.256. The summed E-state index contributed by atoms with van der Waals surface area (Å²) in [4.78, 5) is 13.2. The number of nitrogens with one attached hydrogen (secondary N) is 2. The Morgan fingerprint density at radius 2 is 1.54 bits per heavy atom.